The second-order valence-electron chi connectivity index (χ2n) is 3.01. The van der Waals surface area contributed by atoms with E-state index in [4.69, 9.17) is 0 Å². The minimum atomic E-state index is 0.649. The Balaban J connectivity index is 1.84. The maximum absolute atomic E-state index is 4.07. The first-order chi connectivity index (χ1) is 6.88. The van der Waals surface area contributed by atoms with Gasteiger partial charge in [-0.25, -0.2) is 0 Å². The molecule has 0 aliphatic heterocycles. The fourth-order valence-corrected chi connectivity index (χ4v) is 2.54. The lowest BCUT2D eigenvalue weighted by Crippen LogP contribution is -1.99. The molecule has 0 bridgehead atoms. The molecule has 1 aromatic rings. The van der Waals surface area contributed by atoms with Crippen molar-refractivity contribution in [2.24, 2.45) is 0 Å². The van der Waals surface area contributed by atoms with Crippen LogP contribution in [0.5, 0.6) is 0 Å². The molecule has 1 aliphatic rings. The molecule has 3 nitrogen and oxygen atoms in total. The fraction of sp³-hybridized carbons (Fsp3) is 0.556. The Kier molecular flexibility index (Phi) is 3.27. The Morgan fingerprint density at radius 2 is 2.43 bits per heavy atom. The summed E-state index contributed by atoms with van der Waals surface area (Å²) in [6, 6.07) is 0.649. The largest absolute Gasteiger partial charge is 0.357 e. The Labute approximate surface area is 91.7 Å². The van der Waals surface area contributed by atoms with E-state index in [-0.39, 0.29) is 0 Å². The number of thioether (sulfide) groups is 1. The summed E-state index contributed by atoms with van der Waals surface area (Å²) in [4.78, 5) is 0. The Morgan fingerprint density at radius 3 is 3.14 bits per heavy atom. The van der Waals surface area contributed by atoms with Gasteiger partial charge in [0.1, 0.15) is 0 Å². The summed E-state index contributed by atoms with van der Waals surface area (Å²) < 4.78 is 0.996. The van der Waals surface area contributed by atoms with Crippen molar-refractivity contribution in [1.29, 1.82) is 0 Å². The molecule has 1 fully saturated rings. The smallest absolute Gasteiger partial charge is 0.206 e. The summed E-state index contributed by atoms with van der Waals surface area (Å²) in [7, 11) is 0. The van der Waals surface area contributed by atoms with Crippen LogP contribution in [0.4, 0.5) is 5.13 Å². The van der Waals surface area contributed by atoms with Crippen LogP contribution in [-0.2, 0) is 0 Å². The molecule has 1 aromatic heterocycles. The van der Waals surface area contributed by atoms with Gasteiger partial charge in [-0.2, -0.15) is 0 Å². The third-order valence-corrected chi connectivity index (χ3v) is 3.63. The lowest BCUT2D eigenvalue weighted by molar-refractivity contribution is 0.995. The zero-order chi connectivity index (χ0) is 9.80. The summed E-state index contributed by atoms with van der Waals surface area (Å²) in [6.45, 7) is 1.85. The van der Waals surface area contributed by atoms with E-state index in [1.807, 2.05) is 6.92 Å². The van der Waals surface area contributed by atoms with Gasteiger partial charge < -0.3 is 5.32 Å². The molecule has 1 heterocycles. The number of nitrogens with zero attached hydrogens (tertiary/aromatic N) is 2. The zero-order valence-electron chi connectivity index (χ0n) is 7.91. The van der Waals surface area contributed by atoms with Gasteiger partial charge in [-0.05, 0) is 19.8 Å². The molecular weight excluding hydrogens is 214 g/mol. The van der Waals surface area contributed by atoms with Crippen LogP contribution in [0.25, 0.3) is 0 Å². The van der Waals surface area contributed by atoms with Crippen molar-refractivity contribution in [3.8, 4) is 11.8 Å². The van der Waals surface area contributed by atoms with Gasteiger partial charge in [-0.1, -0.05) is 29.0 Å². The molecule has 0 unspecified atom stereocenters. The molecule has 74 valence electrons. The Hall–Kier alpha value is -0.730. The second kappa shape index (κ2) is 4.67. The Morgan fingerprint density at radius 1 is 1.57 bits per heavy atom. The van der Waals surface area contributed by atoms with Crippen molar-refractivity contribution in [1.82, 2.24) is 10.2 Å². The molecule has 2 rings (SSSR count). The third-order valence-electron chi connectivity index (χ3n) is 1.76. The van der Waals surface area contributed by atoms with Gasteiger partial charge in [-0.15, -0.1) is 16.1 Å². The zero-order valence-corrected chi connectivity index (χ0v) is 9.54. The molecule has 5 heteroatoms. The van der Waals surface area contributed by atoms with E-state index in [9.17, 15) is 0 Å². The molecule has 1 saturated carbocycles. The molecule has 0 radical (unpaired) electrons. The lowest BCUT2D eigenvalue weighted by atomic mass is 10.7. The van der Waals surface area contributed by atoms with Crippen LogP contribution in [0, 0.1) is 11.8 Å². The molecule has 0 amide bonds. The SMILES string of the molecule is CC#CCSc1nnc(NC2CC2)s1. The standard InChI is InChI=1S/C9H11N3S2/c1-2-3-6-13-9-12-11-8(14-9)10-7-4-5-7/h7H,4-6H2,1H3,(H,10,11). The molecular formula is C9H11N3S2. The molecule has 0 aromatic carbocycles. The van der Waals surface area contributed by atoms with Crippen LogP contribution in [0.15, 0.2) is 4.34 Å². The predicted octanol–water partition coefficient (Wildman–Crippen LogP) is 2.23. The highest BCUT2D eigenvalue weighted by molar-refractivity contribution is 8.01. The number of nitrogens with one attached hydrogen (secondary N) is 1. The maximum Gasteiger partial charge on any atom is 0.206 e. The monoisotopic (exact) mass is 225 g/mol. The van der Waals surface area contributed by atoms with Crippen LogP contribution in [0.3, 0.4) is 0 Å². The van der Waals surface area contributed by atoms with E-state index >= 15 is 0 Å². The first-order valence-electron chi connectivity index (χ1n) is 4.51. The van der Waals surface area contributed by atoms with E-state index in [1.54, 1.807) is 23.1 Å². The number of hydrogen-bond acceptors (Lipinski definition) is 5. The van der Waals surface area contributed by atoms with Gasteiger partial charge in [0, 0.05) is 6.04 Å². The van der Waals surface area contributed by atoms with Crippen LogP contribution in [0.1, 0.15) is 19.8 Å². The molecule has 0 spiro atoms. The molecule has 14 heavy (non-hydrogen) atoms. The van der Waals surface area contributed by atoms with Gasteiger partial charge in [0.05, 0.1) is 5.75 Å². The highest BCUT2D eigenvalue weighted by atomic mass is 32.2. The number of hydrogen-bond donors (Lipinski definition) is 1. The van der Waals surface area contributed by atoms with Crippen LogP contribution in [0.2, 0.25) is 0 Å². The number of anilines is 1. The summed E-state index contributed by atoms with van der Waals surface area (Å²) in [5, 5.41) is 12.4. The van der Waals surface area contributed by atoms with Crippen molar-refractivity contribution in [2.45, 2.75) is 30.1 Å². The summed E-state index contributed by atoms with van der Waals surface area (Å²) in [5.74, 6) is 6.65. The third kappa shape index (κ3) is 2.89. The van der Waals surface area contributed by atoms with Crippen LogP contribution >= 0.6 is 23.1 Å². The number of aromatic nitrogens is 2. The molecule has 0 atom stereocenters. The Bertz CT molecular complexity index is 360. The van der Waals surface area contributed by atoms with Gasteiger partial charge >= 0.3 is 0 Å². The predicted molar refractivity (Wildman–Crippen MR) is 60.7 cm³/mol. The van der Waals surface area contributed by atoms with E-state index in [1.165, 1.54) is 12.8 Å². The topological polar surface area (TPSA) is 37.8 Å². The number of rotatable bonds is 4. The normalized spacial score (nSPS) is 14.6. The first kappa shape index (κ1) is 9.81. The summed E-state index contributed by atoms with van der Waals surface area (Å²) in [5.41, 5.74) is 0. The highest BCUT2D eigenvalue weighted by Crippen LogP contribution is 2.29. The maximum atomic E-state index is 4.07. The highest BCUT2D eigenvalue weighted by Gasteiger charge is 2.22. The van der Waals surface area contributed by atoms with Gasteiger partial charge in [-0.3, -0.25) is 0 Å². The van der Waals surface area contributed by atoms with Gasteiger partial charge in [0.15, 0.2) is 4.34 Å². The molecule has 0 saturated heterocycles. The van der Waals surface area contributed by atoms with Crippen LogP contribution in [-0.4, -0.2) is 22.0 Å². The second-order valence-corrected chi connectivity index (χ2v) is 5.21. The minimum Gasteiger partial charge on any atom is -0.357 e. The van der Waals surface area contributed by atoms with E-state index in [0.29, 0.717) is 6.04 Å². The average Bonchev–Trinajstić information content (AvgIpc) is 2.87. The summed E-state index contributed by atoms with van der Waals surface area (Å²) >= 11 is 3.26. The van der Waals surface area contributed by atoms with Crippen LogP contribution < -0.4 is 5.32 Å². The average molecular weight is 225 g/mol. The fourth-order valence-electron chi connectivity index (χ4n) is 0.899. The summed E-state index contributed by atoms with van der Waals surface area (Å²) in [6.07, 6.45) is 2.53. The quantitative estimate of drug-likeness (QED) is 0.630. The van der Waals surface area contributed by atoms with Crippen molar-refractivity contribution >= 4 is 28.2 Å². The minimum absolute atomic E-state index is 0.649. The van der Waals surface area contributed by atoms with E-state index in [2.05, 4.69) is 27.4 Å². The van der Waals surface area contributed by atoms with Crippen molar-refractivity contribution in [3.63, 3.8) is 0 Å². The van der Waals surface area contributed by atoms with Gasteiger partial charge in [0.25, 0.3) is 0 Å². The lowest BCUT2D eigenvalue weighted by Gasteiger charge is -1.93. The first-order valence-corrected chi connectivity index (χ1v) is 6.31. The van der Waals surface area contributed by atoms with Crippen molar-refractivity contribution < 1.29 is 0 Å². The van der Waals surface area contributed by atoms with E-state index in [0.717, 1.165) is 15.2 Å². The van der Waals surface area contributed by atoms with E-state index < -0.39 is 0 Å². The molecule has 1 N–H and O–H groups in total. The van der Waals surface area contributed by atoms with Crippen molar-refractivity contribution in [3.05, 3.63) is 0 Å². The van der Waals surface area contributed by atoms with Gasteiger partial charge in [0.2, 0.25) is 5.13 Å². The molecule has 1 aliphatic carbocycles. The van der Waals surface area contributed by atoms with Crippen molar-refractivity contribution in [2.75, 3.05) is 11.1 Å².